The number of hydrogen-bond donors (Lipinski definition) is 0. The van der Waals surface area contributed by atoms with E-state index in [0.717, 1.165) is 38.7 Å². The van der Waals surface area contributed by atoms with Crippen LogP contribution in [-0.4, -0.2) is 18.9 Å². The van der Waals surface area contributed by atoms with Gasteiger partial charge >= 0.3 is 0 Å². The Hall–Kier alpha value is -5.48. The van der Waals surface area contributed by atoms with Crippen molar-refractivity contribution in [2.45, 2.75) is 0 Å². The Morgan fingerprint density at radius 2 is 1.15 bits per heavy atom. The first-order valence-corrected chi connectivity index (χ1v) is 13.5. The van der Waals surface area contributed by atoms with E-state index in [-0.39, 0.29) is 0 Å². The summed E-state index contributed by atoms with van der Waals surface area (Å²) in [5.74, 6) is 0.657. The second-order valence-electron chi connectivity index (χ2n) is 10.3. The van der Waals surface area contributed by atoms with E-state index in [4.69, 9.17) is 9.97 Å². The smallest absolute Gasteiger partial charge is 0.235 e. The molecule has 0 saturated heterocycles. The van der Waals surface area contributed by atoms with Crippen molar-refractivity contribution >= 4 is 60.0 Å². The number of benzene rings is 6. The molecule has 0 aliphatic carbocycles. The summed E-state index contributed by atoms with van der Waals surface area (Å²) in [5, 5.41) is 5.93. The zero-order valence-electron chi connectivity index (χ0n) is 21.5. The average molecular weight is 511 g/mol. The quantitative estimate of drug-likeness (QED) is 0.233. The summed E-state index contributed by atoms with van der Waals surface area (Å²) in [7, 11) is 0. The maximum Gasteiger partial charge on any atom is 0.235 e. The molecular formula is C36H22N4. The predicted octanol–water partition coefficient (Wildman–Crippen LogP) is 8.95. The first-order valence-electron chi connectivity index (χ1n) is 13.5. The van der Waals surface area contributed by atoms with Gasteiger partial charge in [0.05, 0.1) is 38.8 Å². The van der Waals surface area contributed by atoms with Gasteiger partial charge in [0.2, 0.25) is 5.95 Å². The molecule has 9 rings (SSSR count). The number of para-hydroxylation sites is 4. The minimum atomic E-state index is 0.657. The van der Waals surface area contributed by atoms with Gasteiger partial charge in [-0.15, -0.1) is 0 Å². The van der Waals surface area contributed by atoms with E-state index in [0.29, 0.717) is 5.95 Å². The fourth-order valence-electron chi connectivity index (χ4n) is 6.41. The summed E-state index contributed by atoms with van der Waals surface area (Å²) in [4.78, 5) is 10.5. The lowest BCUT2D eigenvalue weighted by atomic mass is 10.0. The van der Waals surface area contributed by atoms with Crippen molar-refractivity contribution in [3.8, 4) is 17.2 Å². The molecule has 0 saturated carbocycles. The number of aromatic nitrogens is 4. The SMILES string of the molecule is c1ccc(-c2nc(-n3c4cccc5ccc6c7ccccc7n(c7ccccc73)c6c54)nc3ccccc23)cc1. The van der Waals surface area contributed by atoms with E-state index in [1.807, 2.05) is 12.1 Å². The minimum absolute atomic E-state index is 0.657. The Bertz CT molecular complexity index is 2420. The van der Waals surface area contributed by atoms with Crippen LogP contribution in [0.2, 0.25) is 0 Å². The monoisotopic (exact) mass is 510 g/mol. The Morgan fingerprint density at radius 1 is 0.450 bits per heavy atom. The lowest BCUT2D eigenvalue weighted by Gasteiger charge is -2.14. The molecule has 40 heavy (non-hydrogen) atoms. The van der Waals surface area contributed by atoms with Crippen molar-refractivity contribution in [1.29, 1.82) is 0 Å². The van der Waals surface area contributed by atoms with Gasteiger partial charge in [-0.25, -0.2) is 9.97 Å². The second kappa shape index (κ2) is 8.01. The molecule has 0 radical (unpaired) electrons. The predicted molar refractivity (Wildman–Crippen MR) is 165 cm³/mol. The zero-order chi connectivity index (χ0) is 26.2. The summed E-state index contributed by atoms with van der Waals surface area (Å²) in [6.07, 6.45) is 0. The molecule has 0 N–H and O–H groups in total. The molecule has 0 amide bonds. The molecule has 0 fully saturated rings. The number of fused-ring (bicyclic) bond motifs is 6. The van der Waals surface area contributed by atoms with E-state index in [2.05, 4.69) is 130 Å². The summed E-state index contributed by atoms with van der Waals surface area (Å²) < 4.78 is 4.67. The third-order valence-corrected chi connectivity index (χ3v) is 8.10. The van der Waals surface area contributed by atoms with Crippen LogP contribution in [0.5, 0.6) is 0 Å². The van der Waals surface area contributed by atoms with Crippen LogP contribution in [-0.2, 0) is 0 Å². The molecule has 0 spiro atoms. The molecule has 0 unspecified atom stereocenters. The van der Waals surface area contributed by atoms with Crippen LogP contribution in [0.3, 0.4) is 0 Å². The number of rotatable bonds is 2. The van der Waals surface area contributed by atoms with Crippen LogP contribution in [0, 0.1) is 0 Å². The summed E-state index contributed by atoms with van der Waals surface area (Å²) in [6.45, 7) is 0. The molecule has 0 aliphatic rings. The Morgan fingerprint density at radius 3 is 2.02 bits per heavy atom. The first-order chi connectivity index (χ1) is 19.9. The lowest BCUT2D eigenvalue weighted by Crippen LogP contribution is -2.05. The molecule has 0 bridgehead atoms. The third kappa shape index (κ3) is 2.85. The van der Waals surface area contributed by atoms with E-state index in [1.54, 1.807) is 0 Å². The molecule has 6 aromatic carbocycles. The van der Waals surface area contributed by atoms with Crippen LogP contribution in [0.25, 0.3) is 77.2 Å². The molecule has 0 atom stereocenters. The fourth-order valence-corrected chi connectivity index (χ4v) is 6.41. The highest BCUT2D eigenvalue weighted by molar-refractivity contribution is 6.23. The van der Waals surface area contributed by atoms with Crippen LogP contribution in [0.4, 0.5) is 0 Å². The van der Waals surface area contributed by atoms with Gasteiger partial charge in [-0.1, -0.05) is 103 Å². The number of nitrogens with zero attached hydrogens (tertiary/aromatic N) is 4. The van der Waals surface area contributed by atoms with Gasteiger partial charge in [0, 0.05) is 27.1 Å². The normalized spacial score (nSPS) is 12.0. The second-order valence-corrected chi connectivity index (χ2v) is 10.3. The van der Waals surface area contributed by atoms with E-state index >= 15 is 0 Å². The standard InChI is InChI=1S/C36H22N4/c1-2-11-24(12-3-1)34-27-15-4-6-16-28(27)37-36(38-34)40-31-19-9-8-18-30(31)39-29-17-7-5-14-25(29)26-22-21-23-13-10-20-32(40)33(23)35(26)39/h1-22H. The highest BCUT2D eigenvalue weighted by Crippen LogP contribution is 2.39. The summed E-state index contributed by atoms with van der Waals surface area (Å²) in [6, 6.07) is 47.0. The van der Waals surface area contributed by atoms with Gasteiger partial charge in [-0.05, 0) is 35.7 Å². The average Bonchev–Trinajstić information content (AvgIpc) is 3.29. The Labute approximate surface area is 229 Å². The van der Waals surface area contributed by atoms with Crippen molar-refractivity contribution in [3.63, 3.8) is 0 Å². The third-order valence-electron chi connectivity index (χ3n) is 8.10. The Balaban J connectivity index is 1.56. The van der Waals surface area contributed by atoms with Crippen molar-refractivity contribution < 1.29 is 0 Å². The van der Waals surface area contributed by atoms with Crippen molar-refractivity contribution in [1.82, 2.24) is 18.9 Å². The molecule has 186 valence electrons. The summed E-state index contributed by atoms with van der Waals surface area (Å²) in [5.41, 5.74) is 8.56. The van der Waals surface area contributed by atoms with Crippen molar-refractivity contribution in [2.75, 3.05) is 0 Å². The van der Waals surface area contributed by atoms with Crippen molar-refractivity contribution in [3.05, 3.63) is 133 Å². The van der Waals surface area contributed by atoms with Gasteiger partial charge < -0.3 is 4.40 Å². The highest BCUT2D eigenvalue weighted by atomic mass is 15.2. The van der Waals surface area contributed by atoms with Gasteiger partial charge in [0.15, 0.2) is 0 Å². The van der Waals surface area contributed by atoms with Crippen LogP contribution in [0.15, 0.2) is 133 Å². The molecule has 4 nitrogen and oxygen atoms in total. The summed E-state index contributed by atoms with van der Waals surface area (Å²) >= 11 is 0. The van der Waals surface area contributed by atoms with Gasteiger partial charge in [0.25, 0.3) is 0 Å². The first kappa shape index (κ1) is 21.5. The van der Waals surface area contributed by atoms with E-state index < -0.39 is 0 Å². The maximum atomic E-state index is 5.30. The number of hydrogen-bond acceptors (Lipinski definition) is 2. The largest absolute Gasteiger partial charge is 0.306 e. The topological polar surface area (TPSA) is 35.1 Å². The van der Waals surface area contributed by atoms with Crippen molar-refractivity contribution in [2.24, 2.45) is 0 Å². The van der Waals surface area contributed by atoms with Gasteiger partial charge in [-0.2, -0.15) is 0 Å². The molecule has 0 aliphatic heterocycles. The zero-order valence-corrected chi connectivity index (χ0v) is 21.5. The fraction of sp³-hybridized carbons (Fsp3) is 0. The molecule has 3 aromatic heterocycles. The van der Waals surface area contributed by atoms with Crippen LogP contribution < -0.4 is 0 Å². The molecule has 3 heterocycles. The van der Waals surface area contributed by atoms with Crippen LogP contribution >= 0.6 is 0 Å². The lowest BCUT2D eigenvalue weighted by molar-refractivity contribution is 1.01. The molecular weight excluding hydrogens is 488 g/mol. The van der Waals surface area contributed by atoms with E-state index in [9.17, 15) is 0 Å². The van der Waals surface area contributed by atoms with Gasteiger partial charge in [0.1, 0.15) is 0 Å². The Kier molecular flexibility index (Phi) is 4.30. The van der Waals surface area contributed by atoms with Gasteiger partial charge in [-0.3, -0.25) is 4.57 Å². The molecule has 4 heteroatoms. The maximum absolute atomic E-state index is 5.30. The van der Waals surface area contributed by atoms with Crippen LogP contribution in [0.1, 0.15) is 0 Å². The molecule has 9 aromatic rings. The highest BCUT2D eigenvalue weighted by Gasteiger charge is 2.20. The van der Waals surface area contributed by atoms with E-state index in [1.165, 1.54) is 32.6 Å². The minimum Gasteiger partial charge on any atom is -0.306 e.